The van der Waals surface area contributed by atoms with Crippen LogP contribution in [0, 0.1) is 0 Å². The summed E-state index contributed by atoms with van der Waals surface area (Å²) < 4.78 is 10.7. The molecule has 2 heterocycles. The van der Waals surface area contributed by atoms with Crippen LogP contribution in [0.15, 0.2) is 62.2 Å². The molecule has 4 aromatic rings. The summed E-state index contributed by atoms with van der Waals surface area (Å²) in [4.78, 5) is 16.3. The fourth-order valence-electron chi connectivity index (χ4n) is 2.30. The SMILES string of the molecule is O=c1oc2ccccc2c(O)c1-c1nc2ccccc2o1.[Zn]. The zero-order valence-electron chi connectivity index (χ0n) is 11.4. The third-order valence-corrected chi connectivity index (χ3v) is 3.29. The zero-order chi connectivity index (χ0) is 14.4. The molecule has 6 heteroatoms. The van der Waals surface area contributed by atoms with Crippen molar-refractivity contribution in [1.29, 1.82) is 0 Å². The van der Waals surface area contributed by atoms with E-state index in [1.54, 1.807) is 42.5 Å². The van der Waals surface area contributed by atoms with Crippen molar-refractivity contribution in [2.75, 3.05) is 0 Å². The van der Waals surface area contributed by atoms with E-state index in [-0.39, 0.29) is 36.7 Å². The molecule has 0 saturated carbocycles. The smallest absolute Gasteiger partial charge is 0.352 e. The van der Waals surface area contributed by atoms with E-state index in [9.17, 15) is 9.90 Å². The van der Waals surface area contributed by atoms with Gasteiger partial charge in [-0.1, -0.05) is 24.3 Å². The van der Waals surface area contributed by atoms with Gasteiger partial charge in [0, 0.05) is 19.5 Å². The summed E-state index contributed by atoms with van der Waals surface area (Å²) in [5, 5.41) is 10.8. The van der Waals surface area contributed by atoms with Gasteiger partial charge >= 0.3 is 5.63 Å². The van der Waals surface area contributed by atoms with Crippen LogP contribution in [0.4, 0.5) is 0 Å². The summed E-state index contributed by atoms with van der Waals surface area (Å²) in [7, 11) is 0. The van der Waals surface area contributed by atoms with Crippen LogP contribution >= 0.6 is 0 Å². The van der Waals surface area contributed by atoms with E-state index in [1.807, 2.05) is 6.07 Å². The Kier molecular flexibility index (Phi) is 3.55. The largest absolute Gasteiger partial charge is 0.506 e. The third kappa shape index (κ3) is 2.12. The van der Waals surface area contributed by atoms with Gasteiger partial charge in [0.1, 0.15) is 16.8 Å². The van der Waals surface area contributed by atoms with Crippen LogP contribution < -0.4 is 5.63 Å². The molecule has 0 amide bonds. The second-order valence-corrected chi connectivity index (χ2v) is 4.60. The molecule has 0 spiro atoms. The fraction of sp³-hybridized carbons (Fsp3) is 0. The van der Waals surface area contributed by atoms with Gasteiger partial charge in [-0.15, -0.1) is 0 Å². The molecule has 2 aromatic heterocycles. The van der Waals surface area contributed by atoms with E-state index in [0.717, 1.165) is 0 Å². The molecule has 104 valence electrons. The van der Waals surface area contributed by atoms with Gasteiger partial charge in [-0.3, -0.25) is 0 Å². The maximum atomic E-state index is 12.1. The van der Waals surface area contributed by atoms with Crippen LogP contribution in [0.2, 0.25) is 0 Å². The van der Waals surface area contributed by atoms with Crippen molar-refractivity contribution in [3.63, 3.8) is 0 Å². The van der Waals surface area contributed by atoms with E-state index in [1.165, 1.54) is 0 Å². The molecular formula is C16H9NO4Zn. The first-order valence-corrected chi connectivity index (χ1v) is 6.35. The van der Waals surface area contributed by atoms with Gasteiger partial charge in [-0.25, -0.2) is 9.78 Å². The predicted octanol–water partition coefficient (Wildman–Crippen LogP) is 3.30. The molecule has 2 aromatic carbocycles. The van der Waals surface area contributed by atoms with Gasteiger partial charge in [0.2, 0.25) is 5.89 Å². The molecule has 0 aliphatic carbocycles. The number of aromatic hydroxyl groups is 1. The quantitative estimate of drug-likeness (QED) is 0.423. The molecule has 5 nitrogen and oxygen atoms in total. The zero-order valence-corrected chi connectivity index (χ0v) is 14.4. The number of para-hydroxylation sites is 3. The fourth-order valence-corrected chi connectivity index (χ4v) is 2.30. The van der Waals surface area contributed by atoms with Gasteiger partial charge in [-0.05, 0) is 24.3 Å². The minimum atomic E-state index is -0.683. The van der Waals surface area contributed by atoms with Crippen LogP contribution in [-0.4, -0.2) is 10.1 Å². The van der Waals surface area contributed by atoms with Gasteiger partial charge in [0.25, 0.3) is 0 Å². The Labute approximate surface area is 137 Å². The second-order valence-electron chi connectivity index (χ2n) is 4.60. The average Bonchev–Trinajstić information content (AvgIpc) is 2.90. The van der Waals surface area contributed by atoms with E-state index < -0.39 is 5.63 Å². The molecule has 0 aliphatic heterocycles. The van der Waals surface area contributed by atoms with Crippen LogP contribution in [-0.2, 0) is 19.5 Å². The molecule has 0 atom stereocenters. The topological polar surface area (TPSA) is 76.5 Å². The number of fused-ring (bicyclic) bond motifs is 2. The monoisotopic (exact) mass is 343 g/mol. The maximum absolute atomic E-state index is 12.1. The Morgan fingerprint density at radius 1 is 0.909 bits per heavy atom. The van der Waals surface area contributed by atoms with Crippen LogP contribution in [0.25, 0.3) is 33.5 Å². The number of rotatable bonds is 1. The van der Waals surface area contributed by atoms with Crippen molar-refractivity contribution in [2.45, 2.75) is 0 Å². The van der Waals surface area contributed by atoms with Crippen molar-refractivity contribution in [3.8, 4) is 17.2 Å². The molecule has 1 N–H and O–H groups in total. The van der Waals surface area contributed by atoms with Crippen molar-refractivity contribution >= 4 is 22.1 Å². The number of aromatic nitrogens is 1. The first-order valence-electron chi connectivity index (χ1n) is 6.35. The Bertz CT molecular complexity index is 1000. The van der Waals surface area contributed by atoms with Crippen molar-refractivity contribution in [2.24, 2.45) is 0 Å². The summed E-state index contributed by atoms with van der Waals surface area (Å²) in [6, 6.07) is 13.9. The molecule has 0 aliphatic rings. The number of hydrogen-bond acceptors (Lipinski definition) is 5. The standard InChI is InChI=1S/C16H9NO4.Zn/c18-14-9-5-1-3-7-11(9)21-16(19)13(14)15-17-10-6-2-4-8-12(10)20-15;/h1-8,18H;. The number of oxazole rings is 1. The summed E-state index contributed by atoms with van der Waals surface area (Å²) in [5.41, 5.74) is 0.724. The Morgan fingerprint density at radius 2 is 1.59 bits per heavy atom. The predicted molar refractivity (Wildman–Crippen MR) is 77.2 cm³/mol. The summed E-state index contributed by atoms with van der Waals surface area (Å²) >= 11 is 0. The Balaban J connectivity index is 0.00000144. The van der Waals surface area contributed by atoms with Crippen molar-refractivity contribution in [1.82, 2.24) is 4.98 Å². The summed E-state index contributed by atoms with van der Waals surface area (Å²) in [5.74, 6) is -0.137. The number of benzene rings is 2. The van der Waals surface area contributed by atoms with Crippen LogP contribution in [0.1, 0.15) is 0 Å². The first kappa shape index (κ1) is 14.5. The number of hydrogen-bond donors (Lipinski definition) is 1. The van der Waals surface area contributed by atoms with Crippen LogP contribution in [0.5, 0.6) is 5.75 Å². The normalized spacial score (nSPS) is 10.7. The summed E-state index contributed by atoms with van der Waals surface area (Å²) in [6.45, 7) is 0. The van der Waals surface area contributed by atoms with Crippen LogP contribution in [0.3, 0.4) is 0 Å². The molecule has 0 unspecified atom stereocenters. The first-order chi connectivity index (χ1) is 10.2. The van der Waals surface area contributed by atoms with Gasteiger partial charge in [0.15, 0.2) is 11.1 Å². The molecule has 0 fully saturated rings. The van der Waals surface area contributed by atoms with Gasteiger partial charge < -0.3 is 13.9 Å². The van der Waals surface area contributed by atoms with E-state index in [0.29, 0.717) is 22.1 Å². The summed E-state index contributed by atoms with van der Waals surface area (Å²) in [6.07, 6.45) is 0. The Morgan fingerprint density at radius 3 is 2.36 bits per heavy atom. The van der Waals surface area contributed by atoms with Gasteiger partial charge in [0.05, 0.1) is 5.39 Å². The van der Waals surface area contributed by atoms with E-state index in [2.05, 4.69) is 4.98 Å². The van der Waals surface area contributed by atoms with E-state index >= 15 is 0 Å². The van der Waals surface area contributed by atoms with Crippen molar-refractivity contribution in [3.05, 3.63) is 59.0 Å². The maximum Gasteiger partial charge on any atom is 0.352 e. The second kappa shape index (κ2) is 5.39. The molecule has 0 saturated heterocycles. The minimum absolute atomic E-state index is 0. The molecule has 22 heavy (non-hydrogen) atoms. The average molecular weight is 345 g/mol. The molecule has 4 rings (SSSR count). The van der Waals surface area contributed by atoms with Crippen molar-refractivity contribution < 1.29 is 33.4 Å². The molecular weight excluding hydrogens is 336 g/mol. The third-order valence-electron chi connectivity index (χ3n) is 3.29. The molecule has 0 radical (unpaired) electrons. The minimum Gasteiger partial charge on any atom is -0.506 e. The van der Waals surface area contributed by atoms with Gasteiger partial charge in [-0.2, -0.15) is 0 Å². The molecule has 0 bridgehead atoms. The number of nitrogens with zero attached hydrogens (tertiary/aromatic N) is 1. The Hall–Kier alpha value is -2.46. The van der Waals surface area contributed by atoms with E-state index in [4.69, 9.17) is 8.83 Å².